The average Bonchev–Trinajstić information content (AvgIpc) is 2.74. The number of imidazole rings is 1. The summed E-state index contributed by atoms with van der Waals surface area (Å²) in [5.74, 6) is 0.385. The zero-order valence-corrected chi connectivity index (χ0v) is 12.0. The lowest BCUT2D eigenvalue weighted by Crippen LogP contribution is -2.27. The Bertz CT molecular complexity index is 493. The number of hydrogen-bond donors (Lipinski definition) is 0. The van der Waals surface area contributed by atoms with Crippen molar-refractivity contribution in [3.05, 3.63) is 22.4 Å². The highest BCUT2D eigenvalue weighted by Gasteiger charge is 2.22. The quantitative estimate of drug-likeness (QED) is 0.839. The van der Waals surface area contributed by atoms with Crippen molar-refractivity contribution in [2.45, 2.75) is 64.2 Å². The van der Waals surface area contributed by atoms with Crippen LogP contribution in [0.4, 0.5) is 0 Å². The Morgan fingerprint density at radius 1 is 1.32 bits per heavy atom. The molecule has 0 radical (unpaired) electrons. The van der Waals surface area contributed by atoms with Gasteiger partial charge in [0.25, 0.3) is 0 Å². The van der Waals surface area contributed by atoms with Gasteiger partial charge in [-0.15, -0.1) is 0 Å². The van der Waals surface area contributed by atoms with Gasteiger partial charge in [-0.25, -0.2) is 9.36 Å². The van der Waals surface area contributed by atoms with Gasteiger partial charge in [0.2, 0.25) is 5.91 Å². The molecule has 1 heterocycles. The van der Waals surface area contributed by atoms with E-state index < -0.39 is 0 Å². The number of nitrogens with zero attached hydrogens (tertiary/aromatic N) is 2. The summed E-state index contributed by atoms with van der Waals surface area (Å²) in [6.07, 6.45) is 10.1. The van der Waals surface area contributed by atoms with Gasteiger partial charge in [0.1, 0.15) is 0 Å². The van der Waals surface area contributed by atoms with Crippen LogP contribution in [-0.4, -0.2) is 15.0 Å². The van der Waals surface area contributed by atoms with Gasteiger partial charge in [-0.3, -0.25) is 9.36 Å². The molecule has 4 heteroatoms. The van der Waals surface area contributed by atoms with E-state index in [0.717, 1.165) is 31.4 Å². The molecule has 19 heavy (non-hydrogen) atoms. The van der Waals surface area contributed by atoms with Crippen LogP contribution in [-0.2, 0) is 7.05 Å². The van der Waals surface area contributed by atoms with Gasteiger partial charge < -0.3 is 0 Å². The van der Waals surface area contributed by atoms with E-state index in [4.69, 9.17) is 0 Å². The van der Waals surface area contributed by atoms with E-state index in [1.807, 2.05) is 0 Å². The zero-order valence-electron chi connectivity index (χ0n) is 12.0. The number of rotatable bonds is 4. The fourth-order valence-corrected chi connectivity index (χ4v) is 2.95. The van der Waals surface area contributed by atoms with Gasteiger partial charge >= 0.3 is 5.69 Å². The van der Waals surface area contributed by atoms with Crippen LogP contribution in [0.15, 0.2) is 11.0 Å². The molecule has 1 saturated carbocycles. The van der Waals surface area contributed by atoms with E-state index in [1.165, 1.54) is 23.8 Å². The van der Waals surface area contributed by atoms with Crippen LogP contribution in [0, 0.1) is 0 Å². The van der Waals surface area contributed by atoms with Gasteiger partial charge in [-0.2, -0.15) is 0 Å². The minimum absolute atomic E-state index is 0.0653. The summed E-state index contributed by atoms with van der Waals surface area (Å²) in [6.45, 7) is 2.05. The first-order valence-electron chi connectivity index (χ1n) is 7.46. The van der Waals surface area contributed by atoms with Crippen molar-refractivity contribution in [1.82, 2.24) is 9.13 Å². The number of carbonyl (C=O) groups is 1. The lowest BCUT2D eigenvalue weighted by molar-refractivity contribution is 0.0895. The molecule has 1 aromatic heterocycles. The second-order valence-corrected chi connectivity index (χ2v) is 5.60. The Morgan fingerprint density at radius 3 is 2.63 bits per heavy atom. The molecule has 1 aromatic rings. The molecule has 1 aliphatic carbocycles. The van der Waals surface area contributed by atoms with Crippen molar-refractivity contribution in [2.75, 3.05) is 0 Å². The fourth-order valence-electron chi connectivity index (χ4n) is 2.95. The second kappa shape index (κ2) is 6.22. The van der Waals surface area contributed by atoms with Crippen molar-refractivity contribution < 1.29 is 4.79 Å². The van der Waals surface area contributed by atoms with E-state index in [0.29, 0.717) is 12.3 Å². The van der Waals surface area contributed by atoms with Crippen molar-refractivity contribution in [1.29, 1.82) is 0 Å². The van der Waals surface area contributed by atoms with Gasteiger partial charge in [-0.05, 0) is 19.3 Å². The summed E-state index contributed by atoms with van der Waals surface area (Å²) in [6, 6.07) is 0. The minimum Gasteiger partial charge on any atom is -0.299 e. The Kier molecular flexibility index (Phi) is 4.61. The summed E-state index contributed by atoms with van der Waals surface area (Å²) < 4.78 is 2.99. The standard InChI is InChI=1S/C15H24N2O2/c1-3-4-10-14(18)17-11-13(16(2)15(17)19)12-8-6-5-7-9-12/h11-12H,3-10H2,1-2H3. The first-order chi connectivity index (χ1) is 9.15. The Labute approximate surface area is 114 Å². The van der Waals surface area contributed by atoms with E-state index >= 15 is 0 Å². The third kappa shape index (κ3) is 2.99. The number of unbranched alkanes of at least 4 members (excludes halogenated alkanes) is 1. The molecule has 0 atom stereocenters. The molecule has 0 amide bonds. The predicted octanol–water partition coefficient (Wildman–Crippen LogP) is 3.06. The smallest absolute Gasteiger partial charge is 0.299 e. The lowest BCUT2D eigenvalue weighted by Gasteiger charge is -2.21. The van der Waals surface area contributed by atoms with Gasteiger partial charge in [0.15, 0.2) is 0 Å². The molecule has 4 nitrogen and oxygen atoms in total. The summed E-state index contributed by atoms with van der Waals surface area (Å²) in [7, 11) is 1.79. The molecule has 0 N–H and O–H groups in total. The summed E-state index contributed by atoms with van der Waals surface area (Å²) in [4.78, 5) is 24.2. The minimum atomic E-state index is -0.179. The van der Waals surface area contributed by atoms with Crippen LogP contribution >= 0.6 is 0 Å². The molecular weight excluding hydrogens is 240 g/mol. The van der Waals surface area contributed by atoms with Crippen LogP contribution in [0.5, 0.6) is 0 Å². The molecule has 0 unspecified atom stereocenters. The van der Waals surface area contributed by atoms with E-state index in [-0.39, 0.29) is 11.6 Å². The predicted molar refractivity (Wildman–Crippen MR) is 75.7 cm³/mol. The zero-order chi connectivity index (χ0) is 13.8. The van der Waals surface area contributed by atoms with Gasteiger partial charge in [0.05, 0.1) is 0 Å². The molecule has 0 spiro atoms. The Hall–Kier alpha value is -1.32. The maximum atomic E-state index is 12.1. The maximum Gasteiger partial charge on any atom is 0.334 e. The van der Waals surface area contributed by atoms with Crippen molar-refractivity contribution in [2.24, 2.45) is 7.05 Å². The molecule has 1 aliphatic rings. The number of hydrogen-bond acceptors (Lipinski definition) is 2. The third-order valence-corrected chi connectivity index (χ3v) is 4.18. The van der Waals surface area contributed by atoms with E-state index in [2.05, 4.69) is 6.92 Å². The van der Waals surface area contributed by atoms with Crippen molar-refractivity contribution in [3.8, 4) is 0 Å². The maximum absolute atomic E-state index is 12.1. The van der Waals surface area contributed by atoms with Crippen LogP contribution < -0.4 is 5.69 Å². The number of carbonyl (C=O) groups excluding carboxylic acids is 1. The molecular formula is C15H24N2O2. The van der Waals surface area contributed by atoms with Crippen LogP contribution in [0.25, 0.3) is 0 Å². The monoisotopic (exact) mass is 264 g/mol. The molecule has 0 bridgehead atoms. The normalized spacial score (nSPS) is 16.7. The molecule has 0 aliphatic heterocycles. The average molecular weight is 264 g/mol. The molecule has 0 aromatic carbocycles. The van der Waals surface area contributed by atoms with Gasteiger partial charge in [0, 0.05) is 31.3 Å². The summed E-state index contributed by atoms with van der Waals surface area (Å²) >= 11 is 0. The highest BCUT2D eigenvalue weighted by Crippen LogP contribution is 2.31. The van der Waals surface area contributed by atoms with Crippen molar-refractivity contribution >= 4 is 5.91 Å². The van der Waals surface area contributed by atoms with E-state index in [1.54, 1.807) is 17.8 Å². The van der Waals surface area contributed by atoms with E-state index in [9.17, 15) is 9.59 Å². The van der Waals surface area contributed by atoms with Crippen LogP contribution in [0.3, 0.4) is 0 Å². The van der Waals surface area contributed by atoms with Crippen LogP contribution in [0.2, 0.25) is 0 Å². The molecule has 0 saturated heterocycles. The first kappa shape index (κ1) is 14.1. The largest absolute Gasteiger partial charge is 0.334 e. The van der Waals surface area contributed by atoms with Crippen LogP contribution in [0.1, 0.15) is 74.7 Å². The molecule has 2 rings (SSSR count). The highest BCUT2D eigenvalue weighted by atomic mass is 16.2. The molecule has 106 valence electrons. The lowest BCUT2D eigenvalue weighted by atomic mass is 9.87. The number of aromatic nitrogens is 2. The fraction of sp³-hybridized carbons (Fsp3) is 0.733. The Balaban J connectivity index is 2.22. The topological polar surface area (TPSA) is 44.0 Å². The summed E-state index contributed by atoms with van der Waals surface area (Å²) in [5.41, 5.74) is 0.858. The van der Waals surface area contributed by atoms with Crippen molar-refractivity contribution in [3.63, 3.8) is 0 Å². The highest BCUT2D eigenvalue weighted by molar-refractivity contribution is 5.78. The second-order valence-electron chi connectivity index (χ2n) is 5.60. The SMILES string of the molecule is CCCCC(=O)n1cc(C2CCCCC2)n(C)c1=O. The first-order valence-corrected chi connectivity index (χ1v) is 7.46. The third-order valence-electron chi connectivity index (χ3n) is 4.18. The van der Waals surface area contributed by atoms with Gasteiger partial charge in [-0.1, -0.05) is 32.6 Å². The Morgan fingerprint density at radius 2 is 2.00 bits per heavy atom. The molecule has 1 fully saturated rings. The summed E-state index contributed by atoms with van der Waals surface area (Å²) in [5, 5.41) is 0.